The Morgan fingerprint density at radius 3 is 1.27 bits per heavy atom. The summed E-state index contributed by atoms with van der Waals surface area (Å²) in [4.78, 5) is 2.41. The van der Waals surface area contributed by atoms with Crippen LogP contribution in [0.4, 0.5) is 17.1 Å². The fourth-order valence-corrected chi connectivity index (χ4v) is 8.27. The Morgan fingerprint density at radius 1 is 0.220 bits per heavy atom. The lowest BCUT2D eigenvalue weighted by atomic mass is 9.94. The van der Waals surface area contributed by atoms with Crippen molar-refractivity contribution >= 4 is 27.8 Å². The number of fused-ring (bicyclic) bond motifs is 1. The monoisotopic (exact) mass is 751 g/mol. The molecule has 0 amide bonds. The lowest BCUT2D eigenvalue weighted by molar-refractivity contribution is 1.28. The summed E-state index contributed by atoms with van der Waals surface area (Å²) in [6.45, 7) is 0. The first-order valence-electron chi connectivity index (χ1n) is 20.2. The molecule has 0 heterocycles. The van der Waals surface area contributed by atoms with Crippen LogP contribution < -0.4 is 4.90 Å². The maximum absolute atomic E-state index is 2.41. The highest BCUT2D eigenvalue weighted by molar-refractivity contribution is 5.98. The van der Waals surface area contributed by atoms with Crippen LogP contribution in [-0.2, 0) is 0 Å². The number of para-hydroxylation sites is 1. The molecule has 0 saturated heterocycles. The van der Waals surface area contributed by atoms with Crippen LogP contribution in [0.25, 0.3) is 77.5 Å². The largest absolute Gasteiger partial charge is 0.310 e. The van der Waals surface area contributed by atoms with E-state index in [4.69, 9.17) is 0 Å². The lowest BCUT2D eigenvalue weighted by Gasteiger charge is -2.28. The molecule has 0 radical (unpaired) electrons. The highest BCUT2D eigenvalue weighted by atomic mass is 15.1. The minimum atomic E-state index is 1.09. The van der Waals surface area contributed by atoms with Gasteiger partial charge in [-0.05, 0) is 108 Å². The van der Waals surface area contributed by atoms with Crippen LogP contribution in [0.2, 0.25) is 0 Å². The van der Waals surface area contributed by atoms with E-state index in [2.05, 4.69) is 254 Å². The second-order valence-corrected chi connectivity index (χ2v) is 14.9. The third-order valence-corrected chi connectivity index (χ3v) is 11.3. The molecule has 1 nitrogen and oxygen atoms in total. The quantitative estimate of drug-likeness (QED) is 0.142. The maximum atomic E-state index is 2.41. The van der Waals surface area contributed by atoms with Gasteiger partial charge in [-0.15, -0.1) is 0 Å². The van der Waals surface area contributed by atoms with Gasteiger partial charge in [0.2, 0.25) is 0 Å². The van der Waals surface area contributed by atoms with Crippen LogP contribution in [0.3, 0.4) is 0 Å². The van der Waals surface area contributed by atoms with Crippen LogP contribution in [0, 0.1) is 0 Å². The van der Waals surface area contributed by atoms with E-state index in [9.17, 15) is 0 Å². The smallest absolute Gasteiger partial charge is 0.0540 e. The molecular formula is C58H41N. The molecule has 0 aliphatic carbocycles. The summed E-state index contributed by atoms with van der Waals surface area (Å²) in [5, 5.41) is 2.50. The molecule has 0 aliphatic heterocycles. The molecule has 0 spiro atoms. The number of hydrogen-bond acceptors (Lipinski definition) is 1. The second-order valence-electron chi connectivity index (χ2n) is 14.9. The average Bonchev–Trinajstić information content (AvgIpc) is 3.33. The molecule has 10 rings (SSSR count). The van der Waals surface area contributed by atoms with Gasteiger partial charge in [-0.2, -0.15) is 0 Å². The molecule has 10 aromatic carbocycles. The molecule has 0 bridgehead atoms. The predicted octanol–water partition coefficient (Wildman–Crippen LogP) is 16.3. The first-order valence-corrected chi connectivity index (χ1v) is 20.2. The van der Waals surface area contributed by atoms with Crippen molar-refractivity contribution in [3.05, 3.63) is 249 Å². The van der Waals surface area contributed by atoms with Crippen molar-refractivity contribution in [2.24, 2.45) is 0 Å². The third kappa shape index (κ3) is 7.34. The predicted molar refractivity (Wildman–Crippen MR) is 251 cm³/mol. The van der Waals surface area contributed by atoms with Crippen molar-refractivity contribution in [3.63, 3.8) is 0 Å². The SMILES string of the molecule is c1ccc(-c2ccc(-c3ccc(N(c4cccc(-c5ccc(-c6ccccc6)cc5)c4)c4ccccc4-c4cccc(-c5cccc6ccccc56)c4)cc3)cc2)cc1. The summed E-state index contributed by atoms with van der Waals surface area (Å²) in [5.74, 6) is 0. The van der Waals surface area contributed by atoms with Gasteiger partial charge in [0.1, 0.15) is 0 Å². The van der Waals surface area contributed by atoms with Crippen molar-refractivity contribution in [1.29, 1.82) is 0 Å². The van der Waals surface area contributed by atoms with E-state index in [1.54, 1.807) is 0 Å². The summed E-state index contributed by atoms with van der Waals surface area (Å²) >= 11 is 0. The minimum absolute atomic E-state index is 1.09. The van der Waals surface area contributed by atoms with Gasteiger partial charge in [0.25, 0.3) is 0 Å². The second kappa shape index (κ2) is 16.0. The molecule has 0 saturated carbocycles. The van der Waals surface area contributed by atoms with Crippen molar-refractivity contribution < 1.29 is 0 Å². The normalized spacial score (nSPS) is 11.1. The molecule has 0 aliphatic rings. The van der Waals surface area contributed by atoms with Crippen LogP contribution >= 0.6 is 0 Å². The van der Waals surface area contributed by atoms with Crippen molar-refractivity contribution in [1.82, 2.24) is 0 Å². The lowest BCUT2D eigenvalue weighted by Crippen LogP contribution is -2.11. The Bertz CT molecular complexity index is 3000. The van der Waals surface area contributed by atoms with Gasteiger partial charge in [0, 0.05) is 16.9 Å². The summed E-state index contributed by atoms with van der Waals surface area (Å²) in [6, 6.07) is 89.8. The van der Waals surface area contributed by atoms with Gasteiger partial charge in [0.05, 0.1) is 5.69 Å². The number of anilines is 3. The fraction of sp³-hybridized carbons (Fsp3) is 0. The van der Waals surface area contributed by atoms with E-state index >= 15 is 0 Å². The summed E-state index contributed by atoms with van der Waals surface area (Å²) < 4.78 is 0. The Kier molecular flexibility index (Phi) is 9.68. The van der Waals surface area contributed by atoms with Gasteiger partial charge in [-0.1, -0.05) is 212 Å². The Morgan fingerprint density at radius 2 is 0.627 bits per heavy atom. The number of hydrogen-bond donors (Lipinski definition) is 0. The molecule has 1 heteroatoms. The molecule has 10 aromatic rings. The van der Waals surface area contributed by atoms with E-state index in [1.165, 1.54) is 66.4 Å². The van der Waals surface area contributed by atoms with E-state index in [0.29, 0.717) is 0 Å². The van der Waals surface area contributed by atoms with Crippen LogP contribution in [0.1, 0.15) is 0 Å². The first-order chi connectivity index (χ1) is 29.2. The third-order valence-electron chi connectivity index (χ3n) is 11.3. The fourth-order valence-electron chi connectivity index (χ4n) is 8.27. The average molecular weight is 752 g/mol. The van der Waals surface area contributed by atoms with Gasteiger partial charge in [-0.25, -0.2) is 0 Å². The Hall–Kier alpha value is -7.74. The van der Waals surface area contributed by atoms with Crippen molar-refractivity contribution in [3.8, 4) is 66.8 Å². The number of nitrogens with zero attached hydrogens (tertiary/aromatic N) is 1. The summed E-state index contributed by atoms with van der Waals surface area (Å²) in [6.07, 6.45) is 0. The van der Waals surface area contributed by atoms with Gasteiger partial charge in [-0.3, -0.25) is 0 Å². The van der Waals surface area contributed by atoms with E-state index in [1.807, 2.05) is 0 Å². The summed E-state index contributed by atoms with van der Waals surface area (Å²) in [5.41, 5.74) is 17.6. The molecule has 0 unspecified atom stereocenters. The van der Waals surface area contributed by atoms with E-state index in [-0.39, 0.29) is 0 Å². The molecule has 0 N–H and O–H groups in total. The van der Waals surface area contributed by atoms with E-state index in [0.717, 1.165) is 28.2 Å². The van der Waals surface area contributed by atoms with Crippen LogP contribution in [0.5, 0.6) is 0 Å². The molecular weight excluding hydrogens is 711 g/mol. The topological polar surface area (TPSA) is 3.24 Å². The zero-order chi connectivity index (χ0) is 39.4. The van der Waals surface area contributed by atoms with E-state index < -0.39 is 0 Å². The Labute approximate surface area is 346 Å². The van der Waals surface area contributed by atoms with Gasteiger partial charge in [0.15, 0.2) is 0 Å². The Balaban J connectivity index is 1.06. The zero-order valence-electron chi connectivity index (χ0n) is 32.6. The van der Waals surface area contributed by atoms with Gasteiger partial charge < -0.3 is 4.90 Å². The molecule has 59 heavy (non-hydrogen) atoms. The van der Waals surface area contributed by atoms with Gasteiger partial charge >= 0.3 is 0 Å². The van der Waals surface area contributed by atoms with Crippen LogP contribution in [0.15, 0.2) is 249 Å². The highest BCUT2D eigenvalue weighted by Gasteiger charge is 2.19. The molecule has 0 fully saturated rings. The maximum Gasteiger partial charge on any atom is 0.0540 e. The van der Waals surface area contributed by atoms with Crippen LogP contribution in [-0.4, -0.2) is 0 Å². The molecule has 0 aromatic heterocycles. The highest BCUT2D eigenvalue weighted by Crippen LogP contribution is 2.43. The minimum Gasteiger partial charge on any atom is -0.310 e. The first kappa shape index (κ1) is 35.7. The number of rotatable bonds is 9. The molecule has 278 valence electrons. The van der Waals surface area contributed by atoms with Crippen molar-refractivity contribution in [2.45, 2.75) is 0 Å². The number of benzene rings is 10. The zero-order valence-corrected chi connectivity index (χ0v) is 32.6. The van der Waals surface area contributed by atoms with Crippen molar-refractivity contribution in [2.75, 3.05) is 4.90 Å². The summed E-state index contributed by atoms with van der Waals surface area (Å²) in [7, 11) is 0. The standard InChI is InChI=1S/C58H41N/c1-3-14-42(15-4-1)44-28-30-46(31-29-44)47-36-38-53(39-37-47)59(54-23-12-20-50(41-54)48-34-32-45(33-35-48)43-16-5-2-6-17-43)58-27-10-9-25-57(58)52-22-11-21-51(40-52)56-26-13-19-49-18-7-8-24-55(49)56/h1-41H. The molecule has 0 atom stereocenters.